The van der Waals surface area contributed by atoms with Crippen LogP contribution in [0.1, 0.15) is 6.42 Å². The number of benzene rings is 1. The van der Waals surface area contributed by atoms with E-state index in [4.69, 9.17) is 5.73 Å². The molecule has 3 N–H and O–H groups in total. The maximum Gasteiger partial charge on any atom is 0.227 e. The molecule has 1 aliphatic rings. The molecule has 0 radical (unpaired) electrons. The highest BCUT2D eigenvalue weighted by molar-refractivity contribution is 6.05. The number of rotatable bonds is 2. The summed E-state index contributed by atoms with van der Waals surface area (Å²) in [5, 5.41) is 7.76. The Morgan fingerprint density at radius 1 is 1.50 bits per heavy atom. The van der Waals surface area contributed by atoms with E-state index in [0.29, 0.717) is 6.54 Å². The fourth-order valence-electron chi connectivity index (χ4n) is 2.31. The fourth-order valence-corrected chi connectivity index (χ4v) is 2.31. The topological polar surface area (TPSA) is 92.1 Å². The molecule has 0 saturated carbocycles. The molecule has 1 fully saturated rings. The van der Waals surface area contributed by atoms with Gasteiger partial charge in [-0.2, -0.15) is 5.10 Å². The fraction of sp³-hybridized carbons (Fsp3) is 0.250. The first-order chi connectivity index (χ1) is 8.66. The largest absolute Gasteiger partial charge is 0.369 e. The molecule has 92 valence electrons. The van der Waals surface area contributed by atoms with Crippen LogP contribution >= 0.6 is 0 Å². The molecular weight excluding hydrogens is 232 g/mol. The molecule has 2 heterocycles. The maximum absolute atomic E-state index is 11.9. The van der Waals surface area contributed by atoms with Gasteiger partial charge >= 0.3 is 0 Å². The Bertz CT molecular complexity index is 634. The highest BCUT2D eigenvalue weighted by atomic mass is 16.2. The summed E-state index contributed by atoms with van der Waals surface area (Å²) in [4.78, 5) is 24.7. The number of fused-ring (bicyclic) bond motifs is 1. The quantitative estimate of drug-likeness (QED) is 0.801. The van der Waals surface area contributed by atoms with Crippen LogP contribution in [0.3, 0.4) is 0 Å². The summed E-state index contributed by atoms with van der Waals surface area (Å²) in [6.45, 7) is 0.340. The van der Waals surface area contributed by atoms with Crippen LogP contribution in [0.2, 0.25) is 0 Å². The van der Waals surface area contributed by atoms with E-state index in [1.54, 1.807) is 11.1 Å². The minimum Gasteiger partial charge on any atom is -0.369 e. The normalized spacial score (nSPS) is 19.7. The Morgan fingerprint density at radius 2 is 2.33 bits per heavy atom. The van der Waals surface area contributed by atoms with E-state index in [-0.39, 0.29) is 12.3 Å². The second kappa shape index (κ2) is 3.83. The van der Waals surface area contributed by atoms with Crippen molar-refractivity contribution in [3.8, 4) is 0 Å². The smallest absolute Gasteiger partial charge is 0.227 e. The molecule has 3 rings (SSSR count). The number of carbonyl (C=O) groups excluding carboxylic acids is 2. The third kappa shape index (κ3) is 1.54. The Balaban J connectivity index is 2.03. The molecular formula is C12H12N4O2. The van der Waals surface area contributed by atoms with Crippen LogP contribution in [0.5, 0.6) is 0 Å². The Morgan fingerprint density at radius 3 is 3.06 bits per heavy atom. The first-order valence-corrected chi connectivity index (χ1v) is 5.68. The van der Waals surface area contributed by atoms with Crippen LogP contribution in [0.15, 0.2) is 24.4 Å². The number of carbonyl (C=O) groups is 2. The number of nitrogens with one attached hydrogen (secondary N) is 1. The van der Waals surface area contributed by atoms with Crippen molar-refractivity contribution in [2.45, 2.75) is 6.42 Å². The molecule has 1 aromatic heterocycles. The number of H-pyrrole nitrogens is 1. The first-order valence-electron chi connectivity index (χ1n) is 5.68. The van der Waals surface area contributed by atoms with Crippen molar-refractivity contribution >= 4 is 28.4 Å². The number of hydrogen-bond acceptors (Lipinski definition) is 3. The van der Waals surface area contributed by atoms with Gasteiger partial charge < -0.3 is 10.6 Å². The van der Waals surface area contributed by atoms with Gasteiger partial charge in [0, 0.05) is 18.4 Å². The van der Waals surface area contributed by atoms with E-state index in [9.17, 15) is 9.59 Å². The summed E-state index contributed by atoms with van der Waals surface area (Å²) >= 11 is 0. The number of anilines is 1. The number of aromatic nitrogens is 2. The maximum atomic E-state index is 11.9. The van der Waals surface area contributed by atoms with Gasteiger partial charge in [-0.15, -0.1) is 0 Å². The number of nitrogens with two attached hydrogens (primary N) is 1. The van der Waals surface area contributed by atoms with Gasteiger partial charge in [-0.05, 0) is 6.07 Å². The average Bonchev–Trinajstić information content (AvgIpc) is 2.94. The Labute approximate surface area is 103 Å². The van der Waals surface area contributed by atoms with Gasteiger partial charge in [0.15, 0.2) is 0 Å². The van der Waals surface area contributed by atoms with Crippen LogP contribution in [0.25, 0.3) is 10.9 Å². The molecule has 6 heteroatoms. The zero-order valence-electron chi connectivity index (χ0n) is 9.59. The van der Waals surface area contributed by atoms with Crippen LogP contribution in [-0.2, 0) is 9.59 Å². The first kappa shape index (κ1) is 10.8. The van der Waals surface area contributed by atoms with Gasteiger partial charge in [0.1, 0.15) is 0 Å². The highest BCUT2D eigenvalue weighted by Gasteiger charge is 2.34. The standard InChI is InChI=1S/C12H12N4O2/c13-12(18)8-4-10(17)16(6-8)9-3-1-2-7-5-14-15-11(7)9/h1-3,5,8H,4,6H2,(H2,13,18)(H,14,15). The van der Waals surface area contributed by atoms with Crippen molar-refractivity contribution in [1.82, 2.24) is 10.2 Å². The number of aromatic amines is 1. The number of primary amides is 1. The third-order valence-corrected chi connectivity index (χ3v) is 3.27. The summed E-state index contributed by atoms with van der Waals surface area (Å²) in [7, 11) is 0. The van der Waals surface area contributed by atoms with Crippen molar-refractivity contribution in [3.63, 3.8) is 0 Å². The third-order valence-electron chi connectivity index (χ3n) is 3.27. The van der Waals surface area contributed by atoms with E-state index in [1.165, 1.54) is 0 Å². The number of para-hydroxylation sites is 1. The van der Waals surface area contributed by atoms with Crippen LogP contribution in [0, 0.1) is 5.92 Å². The number of hydrogen-bond donors (Lipinski definition) is 2. The lowest BCUT2D eigenvalue weighted by Gasteiger charge is -2.16. The summed E-state index contributed by atoms with van der Waals surface area (Å²) < 4.78 is 0. The molecule has 1 unspecified atom stereocenters. The molecule has 0 aliphatic carbocycles. The van der Waals surface area contributed by atoms with E-state index < -0.39 is 11.8 Å². The van der Waals surface area contributed by atoms with Gasteiger partial charge in [0.25, 0.3) is 0 Å². The lowest BCUT2D eigenvalue weighted by atomic mass is 10.1. The molecule has 1 saturated heterocycles. The zero-order chi connectivity index (χ0) is 12.7. The minimum atomic E-state index is -0.428. The molecule has 0 spiro atoms. The summed E-state index contributed by atoms with van der Waals surface area (Å²) in [5.41, 5.74) is 6.81. The van der Waals surface area contributed by atoms with Gasteiger partial charge in [-0.1, -0.05) is 12.1 Å². The Kier molecular flexibility index (Phi) is 2.29. The van der Waals surface area contributed by atoms with Crippen LogP contribution in [0.4, 0.5) is 5.69 Å². The second-order valence-electron chi connectivity index (χ2n) is 4.42. The predicted octanol–water partition coefficient (Wildman–Crippen LogP) is 0.401. The van der Waals surface area contributed by atoms with Gasteiger partial charge in [0.2, 0.25) is 11.8 Å². The molecule has 0 bridgehead atoms. The summed E-state index contributed by atoms with van der Waals surface area (Å²) in [6.07, 6.45) is 1.88. The molecule has 2 amide bonds. The highest BCUT2D eigenvalue weighted by Crippen LogP contribution is 2.30. The molecule has 18 heavy (non-hydrogen) atoms. The van der Waals surface area contributed by atoms with Crippen LogP contribution < -0.4 is 10.6 Å². The van der Waals surface area contributed by atoms with E-state index >= 15 is 0 Å². The monoisotopic (exact) mass is 244 g/mol. The average molecular weight is 244 g/mol. The lowest BCUT2D eigenvalue weighted by molar-refractivity contribution is -0.123. The van der Waals surface area contributed by atoms with E-state index in [2.05, 4.69) is 10.2 Å². The van der Waals surface area contributed by atoms with Crippen molar-refractivity contribution in [1.29, 1.82) is 0 Å². The van der Waals surface area contributed by atoms with Gasteiger partial charge in [-0.25, -0.2) is 0 Å². The Hall–Kier alpha value is -2.37. The van der Waals surface area contributed by atoms with Gasteiger partial charge in [-0.3, -0.25) is 14.7 Å². The predicted molar refractivity (Wildman–Crippen MR) is 65.7 cm³/mol. The van der Waals surface area contributed by atoms with Crippen molar-refractivity contribution < 1.29 is 9.59 Å². The van der Waals surface area contributed by atoms with Crippen molar-refractivity contribution in [2.75, 3.05) is 11.4 Å². The molecule has 2 aromatic rings. The second-order valence-corrected chi connectivity index (χ2v) is 4.42. The van der Waals surface area contributed by atoms with Crippen molar-refractivity contribution in [2.24, 2.45) is 11.7 Å². The molecule has 1 aromatic carbocycles. The molecule has 6 nitrogen and oxygen atoms in total. The van der Waals surface area contributed by atoms with Crippen molar-refractivity contribution in [3.05, 3.63) is 24.4 Å². The van der Waals surface area contributed by atoms with E-state index in [1.807, 2.05) is 18.2 Å². The number of amides is 2. The minimum absolute atomic E-state index is 0.0825. The van der Waals surface area contributed by atoms with E-state index in [0.717, 1.165) is 16.6 Å². The molecule has 1 aliphatic heterocycles. The van der Waals surface area contributed by atoms with Crippen LogP contribution in [-0.4, -0.2) is 28.6 Å². The molecule has 1 atom stereocenters. The summed E-state index contributed by atoms with van der Waals surface area (Å²) in [5.74, 6) is -0.917. The summed E-state index contributed by atoms with van der Waals surface area (Å²) in [6, 6.07) is 5.61. The van der Waals surface area contributed by atoms with Gasteiger partial charge in [0.05, 0.1) is 23.3 Å². The SMILES string of the molecule is NC(=O)C1CC(=O)N(c2cccc3cn[nH]c23)C1. The zero-order valence-corrected chi connectivity index (χ0v) is 9.59. The lowest BCUT2D eigenvalue weighted by Crippen LogP contribution is -2.28. The number of nitrogens with zero attached hydrogens (tertiary/aromatic N) is 2.